The molecule has 1 atom stereocenters. The van der Waals surface area contributed by atoms with Crippen molar-refractivity contribution in [3.05, 3.63) is 45.9 Å². The standard InChI is InChI=1S/C24H29N5O3/c1-15-9-10-20-27-22-19(24(31)29(20)14-15)12-18(23(30)26-16-6-3-2-4-7-16)21(28-22)25-13-17-8-5-11-32-17/h9-10,12,14,16-17H,2-8,11,13H2,1H3,(H,25,28)(H,26,30)/t17-/m1/s1. The minimum atomic E-state index is -0.224. The van der Waals surface area contributed by atoms with Crippen molar-refractivity contribution < 1.29 is 9.53 Å². The van der Waals surface area contributed by atoms with Gasteiger partial charge in [0.15, 0.2) is 5.65 Å². The summed E-state index contributed by atoms with van der Waals surface area (Å²) in [7, 11) is 0. The van der Waals surface area contributed by atoms with Gasteiger partial charge in [0.05, 0.1) is 17.1 Å². The summed E-state index contributed by atoms with van der Waals surface area (Å²) in [4.78, 5) is 35.7. The average Bonchev–Trinajstić information content (AvgIpc) is 3.32. The molecular formula is C24H29N5O3. The normalized spacial score (nSPS) is 19.5. The number of aryl methyl sites for hydroxylation is 1. The fourth-order valence-corrected chi connectivity index (χ4v) is 4.67. The number of aromatic nitrogens is 3. The molecule has 4 heterocycles. The minimum Gasteiger partial charge on any atom is -0.376 e. The molecule has 1 saturated heterocycles. The second-order valence-corrected chi connectivity index (χ2v) is 8.93. The van der Waals surface area contributed by atoms with Gasteiger partial charge < -0.3 is 15.4 Å². The summed E-state index contributed by atoms with van der Waals surface area (Å²) >= 11 is 0. The highest BCUT2D eigenvalue weighted by Crippen LogP contribution is 2.22. The molecule has 8 nitrogen and oxygen atoms in total. The molecule has 0 aromatic carbocycles. The number of amides is 1. The third kappa shape index (κ3) is 4.19. The molecule has 2 N–H and O–H groups in total. The van der Waals surface area contributed by atoms with E-state index in [0.29, 0.717) is 34.6 Å². The first kappa shape index (κ1) is 20.9. The van der Waals surface area contributed by atoms with Crippen LogP contribution in [0.4, 0.5) is 5.82 Å². The van der Waals surface area contributed by atoms with Crippen molar-refractivity contribution in [2.24, 2.45) is 0 Å². The van der Waals surface area contributed by atoms with Gasteiger partial charge in [0, 0.05) is 25.4 Å². The molecule has 1 amide bonds. The van der Waals surface area contributed by atoms with Gasteiger partial charge >= 0.3 is 0 Å². The molecule has 2 aliphatic rings. The van der Waals surface area contributed by atoms with Crippen LogP contribution in [-0.4, -0.2) is 45.6 Å². The Kier molecular flexibility index (Phi) is 5.78. The lowest BCUT2D eigenvalue weighted by Gasteiger charge is -2.23. The molecule has 168 valence electrons. The lowest BCUT2D eigenvalue weighted by atomic mass is 9.95. The Balaban J connectivity index is 1.56. The van der Waals surface area contributed by atoms with Crippen molar-refractivity contribution in [3.8, 4) is 0 Å². The summed E-state index contributed by atoms with van der Waals surface area (Å²) in [6.07, 6.45) is 9.31. The topological polar surface area (TPSA) is 97.6 Å². The molecule has 2 fully saturated rings. The number of fused-ring (bicyclic) bond motifs is 2. The van der Waals surface area contributed by atoms with Crippen molar-refractivity contribution in [2.45, 2.75) is 64.0 Å². The van der Waals surface area contributed by atoms with Crippen molar-refractivity contribution in [1.29, 1.82) is 0 Å². The molecule has 5 rings (SSSR count). The Morgan fingerprint density at radius 3 is 2.78 bits per heavy atom. The van der Waals surface area contributed by atoms with E-state index in [1.165, 1.54) is 10.8 Å². The first-order valence-corrected chi connectivity index (χ1v) is 11.6. The maximum Gasteiger partial charge on any atom is 0.267 e. The smallest absolute Gasteiger partial charge is 0.267 e. The van der Waals surface area contributed by atoms with Crippen molar-refractivity contribution in [1.82, 2.24) is 19.7 Å². The SMILES string of the molecule is Cc1ccc2nc3nc(NC[C@H]4CCCO4)c(C(=O)NC4CCCCC4)cc3c(=O)n2c1. The lowest BCUT2D eigenvalue weighted by molar-refractivity contribution is 0.0928. The van der Waals surface area contributed by atoms with E-state index in [1.54, 1.807) is 18.3 Å². The van der Waals surface area contributed by atoms with Crippen LogP contribution >= 0.6 is 0 Å². The number of hydrogen-bond donors (Lipinski definition) is 2. The van der Waals surface area contributed by atoms with Crippen LogP contribution in [0.2, 0.25) is 0 Å². The largest absolute Gasteiger partial charge is 0.376 e. The van der Waals surface area contributed by atoms with E-state index in [-0.39, 0.29) is 23.6 Å². The summed E-state index contributed by atoms with van der Waals surface area (Å²) in [5, 5.41) is 6.79. The van der Waals surface area contributed by atoms with Crippen LogP contribution in [0.3, 0.4) is 0 Å². The van der Waals surface area contributed by atoms with E-state index in [9.17, 15) is 9.59 Å². The van der Waals surface area contributed by atoms with Gasteiger partial charge in [-0.05, 0) is 50.3 Å². The fourth-order valence-electron chi connectivity index (χ4n) is 4.67. The summed E-state index contributed by atoms with van der Waals surface area (Å²) in [6, 6.07) is 5.52. The molecule has 8 heteroatoms. The number of pyridine rings is 2. The van der Waals surface area contributed by atoms with E-state index in [1.807, 2.05) is 13.0 Å². The molecule has 0 spiro atoms. The van der Waals surface area contributed by atoms with E-state index in [4.69, 9.17) is 4.74 Å². The van der Waals surface area contributed by atoms with Gasteiger partial charge in [-0.2, -0.15) is 0 Å². The molecule has 0 bridgehead atoms. The number of anilines is 1. The van der Waals surface area contributed by atoms with Gasteiger partial charge in [0.2, 0.25) is 0 Å². The molecule has 3 aromatic rings. The van der Waals surface area contributed by atoms with Crippen LogP contribution < -0.4 is 16.2 Å². The summed E-state index contributed by atoms with van der Waals surface area (Å²) in [5.74, 6) is 0.250. The van der Waals surface area contributed by atoms with Crippen LogP contribution in [0.25, 0.3) is 16.7 Å². The molecule has 1 saturated carbocycles. The van der Waals surface area contributed by atoms with Gasteiger partial charge in [0.1, 0.15) is 11.5 Å². The van der Waals surface area contributed by atoms with Gasteiger partial charge in [-0.3, -0.25) is 14.0 Å². The molecular weight excluding hydrogens is 406 g/mol. The highest BCUT2D eigenvalue weighted by Gasteiger charge is 2.23. The van der Waals surface area contributed by atoms with E-state index in [0.717, 1.165) is 50.7 Å². The summed E-state index contributed by atoms with van der Waals surface area (Å²) in [5.41, 5.74) is 1.98. The van der Waals surface area contributed by atoms with Crippen molar-refractivity contribution >= 4 is 28.4 Å². The van der Waals surface area contributed by atoms with E-state index in [2.05, 4.69) is 20.6 Å². The number of carbonyl (C=O) groups is 1. The van der Waals surface area contributed by atoms with Crippen LogP contribution in [-0.2, 0) is 4.74 Å². The van der Waals surface area contributed by atoms with E-state index >= 15 is 0 Å². The summed E-state index contributed by atoms with van der Waals surface area (Å²) < 4.78 is 7.23. The molecule has 1 aliphatic carbocycles. The Labute approximate surface area is 186 Å². The number of hydrogen-bond acceptors (Lipinski definition) is 6. The zero-order valence-corrected chi connectivity index (χ0v) is 18.4. The van der Waals surface area contributed by atoms with E-state index < -0.39 is 0 Å². The zero-order valence-electron chi connectivity index (χ0n) is 18.4. The zero-order chi connectivity index (χ0) is 22.1. The highest BCUT2D eigenvalue weighted by atomic mass is 16.5. The predicted molar refractivity (Wildman–Crippen MR) is 123 cm³/mol. The second kappa shape index (κ2) is 8.86. The second-order valence-electron chi connectivity index (χ2n) is 8.93. The Bertz CT molecular complexity index is 1210. The third-order valence-corrected chi connectivity index (χ3v) is 6.45. The average molecular weight is 436 g/mol. The van der Waals surface area contributed by atoms with Crippen LogP contribution in [0, 0.1) is 6.92 Å². The Hall–Kier alpha value is -3.00. The Morgan fingerprint density at radius 1 is 1.16 bits per heavy atom. The first-order valence-electron chi connectivity index (χ1n) is 11.6. The molecule has 0 radical (unpaired) electrons. The Morgan fingerprint density at radius 2 is 2.00 bits per heavy atom. The highest BCUT2D eigenvalue weighted by molar-refractivity contribution is 6.02. The minimum absolute atomic E-state index is 0.0971. The molecule has 32 heavy (non-hydrogen) atoms. The lowest BCUT2D eigenvalue weighted by Crippen LogP contribution is -2.37. The number of nitrogens with one attached hydrogen (secondary N) is 2. The molecule has 1 aliphatic heterocycles. The van der Waals surface area contributed by atoms with Gasteiger partial charge in [-0.1, -0.05) is 25.3 Å². The van der Waals surface area contributed by atoms with Gasteiger partial charge in [0.25, 0.3) is 11.5 Å². The summed E-state index contributed by atoms with van der Waals surface area (Å²) in [6.45, 7) is 3.25. The van der Waals surface area contributed by atoms with Crippen LogP contribution in [0.5, 0.6) is 0 Å². The van der Waals surface area contributed by atoms with Crippen LogP contribution in [0.15, 0.2) is 29.2 Å². The number of carbonyl (C=O) groups excluding carboxylic acids is 1. The molecule has 0 unspecified atom stereocenters. The van der Waals surface area contributed by atoms with Crippen LogP contribution in [0.1, 0.15) is 60.9 Å². The van der Waals surface area contributed by atoms with Gasteiger partial charge in [-0.25, -0.2) is 9.97 Å². The molecule has 3 aromatic heterocycles. The number of nitrogens with zero attached hydrogens (tertiary/aromatic N) is 3. The quantitative estimate of drug-likeness (QED) is 0.598. The maximum atomic E-state index is 13.3. The fraction of sp³-hybridized carbons (Fsp3) is 0.500. The monoisotopic (exact) mass is 435 g/mol. The van der Waals surface area contributed by atoms with Crippen molar-refractivity contribution in [2.75, 3.05) is 18.5 Å². The van der Waals surface area contributed by atoms with Gasteiger partial charge in [-0.15, -0.1) is 0 Å². The van der Waals surface area contributed by atoms with Crippen molar-refractivity contribution in [3.63, 3.8) is 0 Å². The number of rotatable bonds is 5. The maximum absolute atomic E-state index is 13.3. The predicted octanol–water partition coefficient (Wildman–Crippen LogP) is 3.20. The third-order valence-electron chi connectivity index (χ3n) is 6.45. The first-order chi connectivity index (χ1) is 15.6. The number of ether oxygens (including phenoxy) is 1.